The van der Waals surface area contributed by atoms with Crippen LogP contribution in [0.1, 0.15) is 89.7 Å². The minimum absolute atomic E-state index is 0.201. The van der Waals surface area contributed by atoms with E-state index in [1.165, 1.54) is 38.4 Å². The van der Waals surface area contributed by atoms with Crippen molar-refractivity contribution in [3.63, 3.8) is 0 Å². The molecule has 1 amide bonds. The second-order valence-electron chi connectivity index (χ2n) is 7.72. The molecular weight excluding hydrogens is 378 g/mol. The summed E-state index contributed by atoms with van der Waals surface area (Å²) in [5, 5.41) is 11.9. The average molecular weight is 418 g/mol. The van der Waals surface area contributed by atoms with Gasteiger partial charge in [0, 0.05) is 24.7 Å². The van der Waals surface area contributed by atoms with Crippen molar-refractivity contribution in [1.29, 1.82) is 0 Å². The Labute approximate surface area is 181 Å². The molecular formula is C24H39N3O3. The van der Waals surface area contributed by atoms with Gasteiger partial charge in [0.2, 0.25) is 5.91 Å². The minimum Gasteiger partial charge on any atom is -0.480 e. The lowest BCUT2D eigenvalue weighted by molar-refractivity contribution is -0.141. The highest BCUT2D eigenvalue weighted by molar-refractivity contribution is 5.83. The molecule has 0 aliphatic rings. The van der Waals surface area contributed by atoms with Crippen LogP contribution in [0.15, 0.2) is 36.8 Å². The van der Waals surface area contributed by atoms with Gasteiger partial charge in [0.25, 0.3) is 0 Å². The molecule has 1 atom stereocenters. The molecule has 0 saturated heterocycles. The van der Waals surface area contributed by atoms with Crippen molar-refractivity contribution in [3.05, 3.63) is 42.5 Å². The molecule has 0 fully saturated rings. The Morgan fingerprint density at radius 1 is 1.03 bits per heavy atom. The van der Waals surface area contributed by atoms with Crippen molar-refractivity contribution in [2.45, 2.75) is 96.4 Å². The average Bonchev–Trinajstić information content (AvgIpc) is 3.23. The maximum Gasteiger partial charge on any atom is 0.326 e. The Balaban J connectivity index is 1.99. The lowest BCUT2D eigenvalue weighted by atomic mass is 10.1. The third-order valence-corrected chi connectivity index (χ3v) is 4.97. The molecule has 1 heterocycles. The van der Waals surface area contributed by atoms with Gasteiger partial charge in [-0.3, -0.25) is 4.79 Å². The number of amides is 1. The van der Waals surface area contributed by atoms with E-state index < -0.39 is 12.0 Å². The van der Waals surface area contributed by atoms with Crippen LogP contribution in [0.4, 0.5) is 0 Å². The van der Waals surface area contributed by atoms with Crippen molar-refractivity contribution in [1.82, 2.24) is 15.3 Å². The Hall–Kier alpha value is -2.37. The summed E-state index contributed by atoms with van der Waals surface area (Å²) in [6.07, 6.45) is 25.1. The third kappa shape index (κ3) is 13.7. The van der Waals surface area contributed by atoms with E-state index in [0.29, 0.717) is 12.1 Å². The Bertz CT molecular complexity index is 624. The number of carboxylic acids is 1. The van der Waals surface area contributed by atoms with Crippen molar-refractivity contribution < 1.29 is 14.7 Å². The molecule has 0 saturated carbocycles. The predicted octanol–water partition coefficient (Wildman–Crippen LogP) is 5.34. The smallest absolute Gasteiger partial charge is 0.326 e. The van der Waals surface area contributed by atoms with E-state index in [1.807, 2.05) is 0 Å². The number of carbonyl (C=O) groups excluding carboxylic acids is 1. The molecule has 1 rings (SSSR count). The highest BCUT2D eigenvalue weighted by atomic mass is 16.4. The Kier molecular flexibility index (Phi) is 15.0. The normalized spacial score (nSPS) is 12.6. The van der Waals surface area contributed by atoms with Crippen LogP contribution in [-0.2, 0) is 16.0 Å². The number of allylic oxidation sites excluding steroid dienone is 4. The molecule has 30 heavy (non-hydrogen) atoms. The number of carbonyl (C=O) groups is 2. The van der Waals surface area contributed by atoms with Crippen LogP contribution in [0.3, 0.4) is 0 Å². The quantitative estimate of drug-likeness (QED) is 0.222. The number of H-pyrrole nitrogens is 1. The van der Waals surface area contributed by atoms with Crippen LogP contribution in [0, 0.1) is 0 Å². The van der Waals surface area contributed by atoms with E-state index >= 15 is 0 Å². The van der Waals surface area contributed by atoms with E-state index in [0.717, 1.165) is 38.5 Å². The maximum atomic E-state index is 12.0. The first-order chi connectivity index (χ1) is 14.6. The largest absolute Gasteiger partial charge is 0.480 e. The molecule has 6 heteroatoms. The number of aliphatic carboxylic acids is 1. The zero-order valence-electron chi connectivity index (χ0n) is 18.4. The summed E-state index contributed by atoms with van der Waals surface area (Å²) in [5.74, 6) is -1.23. The highest BCUT2D eigenvalue weighted by Crippen LogP contribution is 2.09. The third-order valence-electron chi connectivity index (χ3n) is 4.97. The van der Waals surface area contributed by atoms with E-state index in [4.69, 9.17) is 0 Å². The molecule has 0 radical (unpaired) electrons. The molecule has 0 aromatic carbocycles. The first-order valence-corrected chi connectivity index (χ1v) is 11.4. The summed E-state index contributed by atoms with van der Waals surface area (Å²) in [6.45, 7) is 2.23. The fourth-order valence-electron chi connectivity index (χ4n) is 3.18. The fourth-order valence-corrected chi connectivity index (χ4v) is 3.18. The van der Waals surface area contributed by atoms with Gasteiger partial charge >= 0.3 is 5.97 Å². The van der Waals surface area contributed by atoms with Gasteiger partial charge in [-0.2, -0.15) is 0 Å². The lowest BCUT2D eigenvalue weighted by Crippen LogP contribution is -2.42. The second-order valence-corrected chi connectivity index (χ2v) is 7.72. The van der Waals surface area contributed by atoms with Gasteiger partial charge in [-0.25, -0.2) is 9.78 Å². The highest BCUT2D eigenvalue weighted by Gasteiger charge is 2.20. The predicted molar refractivity (Wildman–Crippen MR) is 121 cm³/mol. The molecule has 1 aromatic heterocycles. The van der Waals surface area contributed by atoms with Crippen LogP contribution in [0.2, 0.25) is 0 Å². The van der Waals surface area contributed by atoms with E-state index in [1.54, 1.807) is 6.20 Å². The standard InChI is InChI=1S/C24H39N3O3/c1-2-3-4-5-6-7-8-9-10-11-12-13-14-15-16-17-23(28)27-22(24(29)30)18-21-19-25-20-26-21/h6-7,9-10,19-20,22H,2-5,8,11-18H2,1H3,(H,25,26)(H,27,28)(H,29,30)/b7-6-,10-9-/t22-/m0/s1. The fraction of sp³-hybridized carbons (Fsp3) is 0.625. The van der Waals surface area contributed by atoms with Crippen molar-refractivity contribution >= 4 is 11.9 Å². The summed E-state index contributed by atoms with van der Waals surface area (Å²) < 4.78 is 0. The van der Waals surface area contributed by atoms with Crippen molar-refractivity contribution in [2.24, 2.45) is 0 Å². The van der Waals surface area contributed by atoms with Gasteiger partial charge in [0.15, 0.2) is 0 Å². The van der Waals surface area contributed by atoms with Gasteiger partial charge in [-0.1, -0.05) is 63.3 Å². The van der Waals surface area contributed by atoms with Gasteiger partial charge in [-0.05, 0) is 38.5 Å². The van der Waals surface area contributed by atoms with Gasteiger partial charge in [0.1, 0.15) is 6.04 Å². The van der Waals surface area contributed by atoms with Crippen LogP contribution >= 0.6 is 0 Å². The number of hydrogen-bond acceptors (Lipinski definition) is 3. The molecule has 3 N–H and O–H groups in total. The van der Waals surface area contributed by atoms with Gasteiger partial charge in [0.05, 0.1) is 6.33 Å². The summed E-state index contributed by atoms with van der Waals surface area (Å²) in [5.41, 5.74) is 0.694. The Morgan fingerprint density at radius 3 is 2.33 bits per heavy atom. The van der Waals surface area contributed by atoms with Gasteiger partial charge < -0.3 is 15.4 Å². The molecule has 0 aliphatic heterocycles. The molecule has 0 unspecified atom stereocenters. The van der Waals surface area contributed by atoms with E-state index in [-0.39, 0.29) is 12.3 Å². The number of hydrogen-bond donors (Lipinski definition) is 3. The molecule has 6 nitrogen and oxygen atoms in total. The molecule has 0 aliphatic carbocycles. The topological polar surface area (TPSA) is 95.1 Å². The lowest BCUT2D eigenvalue weighted by Gasteiger charge is -2.13. The first-order valence-electron chi connectivity index (χ1n) is 11.4. The first kappa shape index (κ1) is 25.7. The maximum absolute atomic E-state index is 12.0. The number of rotatable bonds is 18. The van der Waals surface area contributed by atoms with Crippen molar-refractivity contribution in [2.75, 3.05) is 0 Å². The zero-order chi connectivity index (χ0) is 21.9. The number of nitrogens with one attached hydrogen (secondary N) is 2. The number of aromatic amines is 1. The number of unbranched alkanes of at least 4 members (excludes halogenated alkanes) is 8. The number of aromatic nitrogens is 2. The van der Waals surface area contributed by atoms with Gasteiger partial charge in [-0.15, -0.1) is 0 Å². The zero-order valence-corrected chi connectivity index (χ0v) is 18.4. The van der Waals surface area contributed by atoms with E-state index in [2.05, 4.69) is 46.5 Å². The minimum atomic E-state index is -1.03. The van der Waals surface area contributed by atoms with Crippen LogP contribution in [0.25, 0.3) is 0 Å². The summed E-state index contributed by atoms with van der Waals surface area (Å²) in [4.78, 5) is 30.1. The molecule has 0 spiro atoms. The SMILES string of the molecule is CCCCC/C=C\C/C=C\CCCCCCCC(=O)N[C@@H](Cc1cnc[nH]1)C(=O)O. The van der Waals surface area contributed by atoms with E-state index in [9.17, 15) is 14.7 Å². The second kappa shape index (κ2) is 17.5. The van der Waals surface area contributed by atoms with Crippen LogP contribution in [0.5, 0.6) is 0 Å². The Morgan fingerprint density at radius 2 is 1.70 bits per heavy atom. The summed E-state index contributed by atoms with van der Waals surface area (Å²) in [7, 11) is 0. The molecule has 168 valence electrons. The molecule has 1 aromatic rings. The number of nitrogens with zero attached hydrogens (tertiary/aromatic N) is 1. The molecule has 0 bridgehead atoms. The summed E-state index contributed by atoms with van der Waals surface area (Å²) >= 11 is 0. The monoisotopic (exact) mass is 417 g/mol. The number of carboxylic acid groups (broad SMARTS) is 1. The van der Waals surface area contributed by atoms with Crippen LogP contribution < -0.4 is 5.32 Å². The van der Waals surface area contributed by atoms with Crippen molar-refractivity contribution in [3.8, 4) is 0 Å². The summed E-state index contributed by atoms with van der Waals surface area (Å²) in [6, 6.07) is -0.920. The number of imidazole rings is 1. The van der Waals surface area contributed by atoms with Crippen LogP contribution in [-0.4, -0.2) is 33.0 Å².